The van der Waals surface area contributed by atoms with Crippen LogP contribution in [0.5, 0.6) is 0 Å². The molecule has 1 fully saturated rings. The lowest BCUT2D eigenvalue weighted by Crippen LogP contribution is -2.36. The quantitative estimate of drug-likeness (QED) is 0.508. The van der Waals surface area contributed by atoms with E-state index in [9.17, 15) is 4.79 Å². The number of aryl methyl sites for hydroxylation is 1. The van der Waals surface area contributed by atoms with Crippen LogP contribution in [0.15, 0.2) is 59.8 Å². The zero-order valence-corrected chi connectivity index (χ0v) is 18.6. The molecule has 5 rings (SSSR count). The first-order valence-corrected chi connectivity index (χ1v) is 12.3. The zero-order valence-electron chi connectivity index (χ0n) is 17.7. The molecule has 0 unspecified atom stereocenters. The highest BCUT2D eigenvalue weighted by atomic mass is 32.2. The molecule has 6 heteroatoms. The van der Waals surface area contributed by atoms with Crippen molar-refractivity contribution in [3.8, 4) is 5.69 Å². The molecule has 1 aliphatic heterocycles. The summed E-state index contributed by atoms with van der Waals surface area (Å²) >= 11 is 1.46. The van der Waals surface area contributed by atoms with Gasteiger partial charge >= 0.3 is 0 Å². The van der Waals surface area contributed by atoms with Crippen LogP contribution in [0.25, 0.3) is 5.69 Å². The molecule has 1 aliphatic carbocycles. The van der Waals surface area contributed by atoms with Crippen LogP contribution in [-0.2, 0) is 11.2 Å². The third-order valence-electron chi connectivity index (χ3n) is 6.32. The van der Waals surface area contributed by atoms with Crippen molar-refractivity contribution < 1.29 is 4.79 Å². The molecule has 1 amide bonds. The van der Waals surface area contributed by atoms with E-state index in [1.54, 1.807) is 0 Å². The van der Waals surface area contributed by atoms with Gasteiger partial charge in [-0.1, -0.05) is 67.4 Å². The summed E-state index contributed by atoms with van der Waals surface area (Å²) in [6.07, 6.45) is 8.20. The number of anilines is 1. The minimum Gasteiger partial charge on any atom is -0.311 e. The normalized spacial score (nSPS) is 16.8. The molecule has 0 bridgehead atoms. The van der Waals surface area contributed by atoms with Gasteiger partial charge in [-0.25, -0.2) is 9.67 Å². The largest absolute Gasteiger partial charge is 0.311 e. The van der Waals surface area contributed by atoms with Crippen LogP contribution < -0.4 is 4.90 Å². The number of thioether (sulfide) groups is 1. The summed E-state index contributed by atoms with van der Waals surface area (Å²) in [5, 5.41) is 5.51. The van der Waals surface area contributed by atoms with Crippen molar-refractivity contribution in [1.29, 1.82) is 0 Å². The molecule has 2 aromatic carbocycles. The van der Waals surface area contributed by atoms with Crippen LogP contribution in [0.1, 0.15) is 55.8 Å². The Morgan fingerprint density at radius 1 is 0.968 bits per heavy atom. The molecule has 0 spiro atoms. The van der Waals surface area contributed by atoms with Crippen LogP contribution in [-0.4, -0.2) is 33.0 Å². The number of fused-ring (bicyclic) bond motifs is 1. The molecule has 0 atom stereocenters. The summed E-state index contributed by atoms with van der Waals surface area (Å²) in [6, 6.07) is 18.5. The second-order valence-corrected chi connectivity index (χ2v) is 9.34. The molecule has 0 saturated heterocycles. The standard InChI is InChI=1S/C25H28N4OS/c30-23(28-17-9-13-19-10-7-8-16-22(19)28)18-31-25-26-24(20-11-3-1-4-12-20)29(27-25)21-14-5-2-6-15-21/h2,5-8,10,14-16,20H,1,3-4,9,11-13,17-18H2. The van der Waals surface area contributed by atoms with E-state index in [2.05, 4.69) is 30.3 Å². The third kappa shape index (κ3) is 4.40. The number of hydrogen-bond donors (Lipinski definition) is 0. The van der Waals surface area contributed by atoms with Crippen LogP contribution in [0, 0.1) is 0 Å². The van der Waals surface area contributed by atoms with Gasteiger partial charge < -0.3 is 4.90 Å². The number of carbonyl (C=O) groups excluding carboxylic acids is 1. The van der Waals surface area contributed by atoms with Crippen molar-refractivity contribution in [3.05, 3.63) is 66.0 Å². The highest BCUT2D eigenvalue weighted by Gasteiger charge is 2.25. The van der Waals surface area contributed by atoms with Crippen molar-refractivity contribution in [2.24, 2.45) is 0 Å². The highest BCUT2D eigenvalue weighted by molar-refractivity contribution is 7.99. The third-order valence-corrected chi connectivity index (χ3v) is 7.14. The molecular weight excluding hydrogens is 404 g/mol. The van der Waals surface area contributed by atoms with Crippen molar-refractivity contribution in [2.45, 2.75) is 56.0 Å². The molecule has 2 heterocycles. The van der Waals surface area contributed by atoms with Crippen molar-refractivity contribution in [1.82, 2.24) is 14.8 Å². The van der Waals surface area contributed by atoms with Gasteiger partial charge in [0.05, 0.1) is 11.4 Å². The molecule has 5 nitrogen and oxygen atoms in total. The fourth-order valence-electron chi connectivity index (χ4n) is 4.75. The Bertz CT molecular complexity index is 1040. The Morgan fingerprint density at radius 2 is 1.74 bits per heavy atom. The lowest BCUT2D eigenvalue weighted by molar-refractivity contribution is -0.116. The lowest BCUT2D eigenvalue weighted by Gasteiger charge is -2.29. The van der Waals surface area contributed by atoms with Gasteiger partial charge in [0.2, 0.25) is 11.1 Å². The number of aromatic nitrogens is 3. The second kappa shape index (κ2) is 9.27. The Labute approximate surface area is 187 Å². The van der Waals surface area contributed by atoms with Gasteiger partial charge in [0.15, 0.2) is 0 Å². The Morgan fingerprint density at radius 3 is 2.58 bits per heavy atom. The first-order chi connectivity index (χ1) is 15.3. The zero-order chi connectivity index (χ0) is 21.0. The summed E-state index contributed by atoms with van der Waals surface area (Å²) in [5.74, 6) is 1.98. The fourth-order valence-corrected chi connectivity index (χ4v) is 5.45. The number of nitrogens with zero attached hydrogens (tertiary/aromatic N) is 4. The topological polar surface area (TPSA) is 51.0 Å². The molecule has 3 aromatic rings. The Balaban J connectivity index is 1.35. The van der Waals surface area contributed by atoms with Crippen molar-refractivity contribution in [3.63, 3.8) is 0 Å². The number of benzene rings is 2. The van der Waals surface area contributed by atoms with Gasteiger partial charge in [0.1, 0.15) is 5.82 Å². The van der Waals surface area contributed by atoms with E-state index >= 15 is 0 Å². The van der Waals surface area contributed by atoms with E-state index < -0.39 is 0 Å². The van der Waals surface area contributed by atoms with Crippen LogP contribution in [0.2, 0.25) is 0 Å². The molecule has 1 aromatic heterocycles. The van der Waals surface area contributed by atoms with Crippen LogP contribution >= 0.6 is 11.8 Å². The summed E-state index contributed by atoms with van der Waals surface area (Å²) in [4.78, 5) is 19.9. The molecule has 31 heavy (non-hydrogen) atoms. The number of amides is 1. The maximum atomic E-state index is 13.0. The maximum Gasteiger partial charge on any atom is 0.237 e. The molecular formula is C25H28N4OS. The molecule has 0 radical (unpaired) electrons. The van der Waals surface area contributed by atoms with Crippen LogP contribution in [0.3, 0.4) is 0 Å². The Kier molecular flexibility index (Phi) is 6.07. The van der Waals surface area contributed by atoms with Gasteiger partial charge in [-0.15, -0.1) is 5.10 Å². The first kappa shape index (κ1) is 20.3. The summed E-state index contributed by atoms with van der Waals surface area (Å²) in [7, 11) is 0. The maximum absolute atomic E-state index is 13.0. The van der Waals surface area contributed by atoms with E-state index in [-0.39, 0.29) is 5.91 Å². The predicted molar refractivity (Wildman–Crippen MR) is 125 cm³/mol. The average molecular weight is 433 g/mol. The predicted octanol–water partition coefficient (Wildman–Crippen LogP) is 5.39. The summed E-state index contributed by atoms with van der Waals surface area (Å²) < 4.78 is 2.00. The smallest absolute Gasteiger partial charge is 0.237 e. The highest BCUT2D eigenvalue weighted by Crippen LogP contribution is 2.34. The van der Waals surface area contributed by atoms with Gasteiger partial charge in [0.25, 0.3) is 0 Å². The lowest BCUT2D eigenvalue weighted by atomic mass is 9.88. The summed E-state index contributed by atoms with van der Waals surface area (Å²) in [6.45, 7) is 0.787. The number of hydrogen-bond acceptors (Lipinski definition) is 4. The number of rotatable bonds is 5. The van der Waals surface area contributed by atoms with Crippen molar-refractivity contribution >= 4 is 23.4 Å². The molecule has 2 aliphatic rings. The van der Waals surface area contributed by atoms with Gasteiger partial charge in [-0.2, -0.15) is 0 Å². The SMILES string of the molecule is O=C(CSc1nc(C2CCCCC2)n(-c2ccccc2)n1)N1CCCc2ccccc21. The van der Waals surface area contributed by atoms with E-state index in [4.69, 9.17) is 10.1 Å². The van der Waals surface area contributed by atoms with E-state index in [0.29, 0.717) is 16.8 Å². The van der Waals surface area contributed by atoms with Gasteiger partial charge in [0, 0.05) is 18.2 Å². The van der Waals surface area contributed by atoms with Crippen molar-refractivity contribution in [2.75, 3.05) is 17.2 Å². The molecule has 1 saturated carbocycles. The summed E-state index contributed by atoms with van der Waals surface area (Å²) in [5.41, 5.74) is 3.36. The second-order valence-electron chi connectivity index (χ2n) is 8.40. The minimum absolute atomic E-state index is 0.132. The average Bonchev–Trinajstić information content (AvgIpc) is 3.28. The van der Waals surface area contributed by atoms with Gasteiger partial charge in [-0.3, -0.25) is 4.79 Å². The van der Waals surface area contributed by atoms with Gasteiger partial charge in [-0.05, 0) is 49.4 Å². The number of para-hydroxylation sites is 2. The van der Waals surface area contributed by atoms with E-state index in [1.165, 1.54) is 49.4 Å². The fraction of sp³-hybridized carbons (Fsp3) is 0.400. The molecule has 0 N–H and O–H groups in total. The first-order valence-electron chi connectivity index (χ1n) is 11.3. The van der Waals surface area contributed by atoms with E-state index in [1.807, 2.05) is 33.8 Å². The monoisotopic (exact) mass is 432 g/mol. The van der Waals surface area contributed by atoms with Crippen LogP contribution in [0.4, 0.5) is 5.69 Å². The Hall–Kier alpha value is -2.60. The molecule has 160 valence electrons. The number of carbonyl (C=O) groups is 1. The minimum atomic E-state index is 0.132. The van der Waals surface area contributed by atoms with E-state index in [0.717, 1.165) is 36.6 Å².